The lowest BCUT2D eigenvalue weighted by molar-refractivity contribution is -0.460. The van der Waals surface area contributed by atoms with Crippen molar-refractivity contribution in [2.24, 2.45) is 0 Å². The highest BCUT2D eigenvalue weighted by Gasteiger charge is 2.91. The smallest absolute Gasteiger partial charge is 0.367 e. The van der Waals surface area contributed by atoms with Crippen LogP contribution in [0.5, 0.6) is 0 Å². The molecule has 0 rings (SSSR count). The third kappa shape index (κ3) is 3.41. The van der Waals surface area contributed by atoms with E-state index in [1.54, 1.807) is 0 Å². The van der Waals surface area contributed by atoms with Gasteiger partial charge < -0.3 is 14.4 Å². The molecular weight excluding hydrogens is 411 g/mol. The van der Waals surface area contributed by atoms with Gasteiger partial charge in [0.2, 0.25) is 0 Å². The van der Waals surface area contributed by atoms with E-state index in [2.05, 4.69) is 0 Å². The van der Waals surface area contributed by atoms with Crippen molar-refractivity contribution in [3.63, 3.8) is 0 Å². The predicted octanol–water partition coefficient (Wildman–Crippen LogP) is 2.11. The summed E-state index contributed by atoms with van der Waals surface area (Å²) in [5.41, 5.74) is 0. The molecule has 0 radical (unpaired) electrons. The molecule has 4 nitrogen and oxygen atoms in total. The van der Waals surface area contributed by atoms with E-state index in [-0.39, 0.29) is 0 Å². The minimum Gasteiger partial charge on any atom is -0.367 e. The van der Waals surface area contributed by atoms with Crippen LogP contribution < -0.4 is 0 Å². The molecular formula is C6H3F13O4Si. The van der Waals surface area contributed by atoms with Gasteiger partial charge in [0.15, 0.2) is 0 Å². The molecule has 0 aliphatic carbocycles. The molecule has 0 unspecified atom stereocenters. The van der Waals surface area contributed by atoms with Gasteiger partial charge in [-0.1, -0.05) is 0 Å². The van der Waals surface area contributed by atoms with Gasteiger partial charge in [-0.15, -0.1) is 0 Å². The molecule has 0 saturated carbocycles. The maximum absolute atomic E-state index is 12.8. The van der Waals surface area contributed by atoms with Crippen molar-refractivity contribution in [2.75, 3.05) is 0 Å². The van der Waals surface area contributed by atoms with Gasteiger partial charge in [-0.2, -0.15) is 57.1 Å². The van der Waals surface area contributed by atoms with Crippen molar-refractivity contribution < 1.29 is 75.9 Å². The van der Waals surface area contributed by atoms with Crippen LogP contribution in [0.2, 0.25) is 0 Å². The summed E-state index contributed by atoms with van der Waals surface area (Å²) in [6.45, 7) is 0. The molecule has 24 heavy (non-hydrogen) atoms. The fraction of sp³-hybridized carbons (Fsp3) is 1.00. The second kappa shape index (κ2) is 5.58. The topological polar surface area (TPSA) is 69.9 Å². The van der Waals surface area contributed by atoms with E-state index < -0.39 is 45.0 Å². The Balaban J connectivity index is 6.21. The average molecular weight is 414 g/mol. The van der Waals surface area contributed by atoms with E-state index in [9.17, 15) is 57.1 Å². The number of alkyl halides is 13. The van der Waals surface area contributed by atoms with Crippen molar-refractivity contribution in [1.82, 2.24) is 0 Å². The summed E-state index contributed by atoms with van der Waals surface area (Å²) in [5, 5.41) is 0. The predicted molar refractivity (Wildman–Crippen MR) is 44.3 cm³/mol. The Bertz CT molecular complexity index is 466. The third-order valence-electron chi connectivity index (χ3n) is 2.17. The number of hydrogen-bond donors (Lipinski definition) is 3. The Morgan fingerprint density at radius 3 is 1.04 bits per heavy atom. The molecule has 0 bridgehead atoms. The molecule has 0 aromatic rings. The zero-order valence-corrected chi connectivity index (χ0v) is 11.2. The highest BCUT2D eigenvalue weighted by molar-refractivity contribution is 6.48. The molecule has 0 saturated heterocycles. The van der Waals surface area contributed by atoms with Gasteiger partial charge in [0, 0.05) is 0 Å². The van der Waals surface area contributed by atoms with E-state index in [4.69, 9.17) is 14.4 Å². The van der Waals surface area contributed by atoms with E-state index in [0.29, 0.717) is 0 Å². The summed E-state index contributed by atoms with van der Waals surface area (Å²) in [4.78, 5) is 23.8. The molecule has 0 amide bonds. The Morgan fingerprint density at radius 2 is 0.792 bits per heavy atom. The summed E-state index contributed by atoms with van der Waals surface area (Å²) in [5.74, 6) is -32.0. The second-order valence-corrected chi connectivity index (χ2v) is 5.34. The van der Waals surface area contributed by atoms with Crippen molar-refractivity contribution >= 4 is 9.05 Å². The Hall–Kier alpha value is -0.853. The zero-order chi connectivity index (χ0) is 20.2. The highest BCUT2D eigenvalue weighted by atomic mass is 28.4. The van der Waals surface area contributed by atoms with Gasteiger partial charge in [0.25, 0.3) is 0 Å². The average Bonchev–Trinajstić information content (AvgIpc) is 2.22. The van der Waals surface area contributed by atoms with Crippen molar-refractivity contribution in [1.29, 1.82) is 0 Å². The van der Waals surface area contributed by atoms with Crippen LogP contribution in [0.4, 0.5) is 57.1 Å². The van der Waals surface area contributed by atoms with Gasteiger partial charge in [-0.25, -0.2) is 0 Å². The van der Waals surface area contributed by atoms with E-state index in [1.165, 1.54) is 0 Å². The molecule has 146 valence electrons. The van der Waals surface area contributed by atoms with E-state index >= 15 is 0 Å². The first-order valence-electron chi connectivity index (χ1n) is 4.79. The molecule has 0 atom stereocenters. The van der Waals surface area contributed by atoms with Crippen molar-refractivity contribution in [3.8, 4) is 0 Å². The molecule has 0 heterocycles. The first-order valence-corrected chi connectivity index (χ1v) is 6.54. The number of halogens is 13. The minimum absolute atomic E-state index is 1.95. The van der Waals surface area contributed by atoms with Crippen LogP contribution in [0.15, 0.2) is 0 Å². The van der Waals surface area contributed by atoms with Crippen LogP contribution in [0.25, 0.3) is 0 Å². The van der Waals surface area contributed by atoms with Crippen LogP contribution in [0.1, 0.15) is 0 Å². The van der Waals surface area contributed by atoms with Crippen LogP contribution in [-0.4, -0.2) is 59.4 Å². The molecule has 0 aromatic heterocycles. The highest BCUT2D eigenvalue weighted by Crippen LogP contribution is 2.60. The van der Waals surface area contributed by atoms with Gasteiger partial charge in [-0.3, -0.25) is 4.43 Å². The summed E-state index contributed by atoms with van der Waals surface area (Å²) in [7, 11) is -6.84. The molecule has 0 spiro atoms. The molecule has 0 aliphatic rings. The Morgan fingerprint density at radius 1 is 0.500 bits per heavy atom. The fourth-order valence-electron chi connectivity index (χ4n) is 0.991. The summed E-state index contributed by atoms with van der Waals surface area (Å²) >= 11 is 0. The largest absolute Gasteiger partial charge is 0.675 e. The second-order valence-electron chi connectivity index (χ2n) is 3.99. The lowest BCUT2D eigenvalue weighted by Crippen LogP contribution is -2.71. The summed E-state index contributed by atoms with van der Waals surface area (Å²) in [6.07, 6.45) is -14.7. The van der Waals surface area contributed by atoms with Gasteiger partial charge >= 0.3 is 45.0 Å². The standard InChI is InChI=1S/C6H3F13O4Si/c7-1(8,3(11,12)5(15,16)17)2(9,10)4(13,14)6(18,19)23-24(20,21)22/h20-22H. The van der Waals surface area contributed by atoms with E-state index in [0.717, 1.165) is 0 Å². The first kappa shape index (κ1) is 23.1. The van der Waals surface area contributed by atoms with Crippen LogP contribution in [-0.2, 0) is 4.43 Å². The number of rotatable bonds is 6. The molecule has 18 heteroatoms. The molecule has 3 N–H and O–H groups in total. The van der Waals surface area contributed by atoms with Crippen molar-refractivity contribution in [3.05, 3.63) is 0 Å². The van der Waals surface area contributed by atoms with Crippen LogP contribution in [0.3, 0.4) is 0 Å². The maximum atomic E-state index is 12.8. The maximum Gasteiger partial charge on any atom is 0.675 e. The fourth-order valence-corrected chi connectivity index (χ4v) is 1.46. The number of hydrogen-bond acceptors (Lipinski definition) is 4. The lowest BCUT2D eigenvalue weighted by atomic mass is 9.97. The molecule has 0 aliphatic heterocycles. The zero-order valence-electron chi connectivity index (χ0n) is 10.2. The quantitative estimate of drug-likeness (QED) is 0.460. The van der Waals surface area contributed by atoms with Gasteiger partial charge in [0.1, 0.15) is 0 Å². The van der Waals surface area contributed by atoms with Crippen molar-refractivity contribution in [2.45, 2.75) is 36.0 Å². The molecule has 0 aromatic carbocycles. The Labute approximate surface area is 122 Å². The van der Waals surface area contributed by atoms with E-state index in [1.807, 2.05) is 4.43 Å². The Kier molecular flexibility index (Phi) is 5.38. The third-order valence-corrected chi connectivity index (χ3v) is 2.70. The molecule has 0 fully saturated rings. The minimum atomic E-state index is -8.14. The summed E-state index contributed by atoms with van der Waals surface area (Å²) < 4.78 is 164. The SMILES string of the molecule is O[Si](O)(O)OC(F)(F)C(F)(F)C(F)(F)C(F)(F)C(F)(F)C(F)(F)F. The summed E-state index contributed by atoms with van der Waals surface area (Å²) in [6, 6.07) is 0. The van der Waals surface area contributed by atoms with Gasteiger partial charge in [-0.05, 0) is 0 Å². The van der Waals surface area contributed by atoms with Crippen LogP contribution >= 0.6 is 0 Å². The monoisotopic (exact) mass is 414 g/mol. The lowest BCUT2D eigenvalue weighted by Gasteiger charge is -2.39. The first-order chi connectivity index (χ1) is 9.96. The van der Waals surface area contributed by atoms with Crippen LogP contribution in [0, 0.1) is 0 Å². The van der Waals surface area contributed by atoms with Gasteiger partial charge in [0.05, 0.1) is 0 Å². The normalized spacial score (nSPS) is 16.5.